The second-order valence-corrected chi connectivity index (χ2v) is 5.69. The summed E-state index contributed by atoms with van der Waals surface area (Å²) in [6.07, 6.45) is 3.35. The molecule has 0 saturated heterocycles. The average molecular weight is 294 g/mol. The van der Waals surface area contributed by atoms with Crippen molar-refractivity contribution >= 4 is 11.8 Å². The van der Waals surface area contributed by atoms with Crippen molar-refractivity contribution in [3.05, 3.63) is 23.9 Å². The number of nitrogens with zero attached hydrogens (tertiary/aromatic N) is 2. The van der Waals surface area contributed by atoms with Gasteiger partial charge in [0.15, 0.2) is 0 Å². The lowest BCUT2D eigenvalue weighted by atomic mass is 9.98. The molecule has 0 aromatic carbocycles. The van der Waals surface area contributed by atoms with Gasteiger partial charge >= 0.3 is 6.03 Å². The molecule has 6 heteroatoms. The van der Waals surface area contributed by atoms with E-state index >= 15 is 0 Å². The zero-order valence-corrected chi connectivity index (χ0v) is 13.3. The molecule has 6 nitrogen and oxygen atoms in total. The van der Waals surface area contributed by atoms with E-state index in [0.717, 1.165) is 24.2 Å². The molecule has 0 aliphatic carbocycles. The van der Waals surface area contributed by atoms with Gasteiger partial charge in [-0.3, -0.25) is 0 Å². The minimum absolute atomic E-state index is 0.0751. The molecule has 0 radical (unpaired) electrons. The Labute approximate surface area is 126 Å². The standard InChI is InChI=1S/C15H26N4O2/c1-5-7-15(2,11-20)18-14(21)17-10-12-6-8-16-13(9-12)19(3)4/h6,8-9,20H,5,7,10-11H2,1-4H3,(H2,17,18,21). The SMILES string of the molecule is CCCC(C)(CO)NC(=O)NCc1ccnc(N(C)C)c1. The van der Waals surface area contributed by atoms with E-state index < -0.39 is 5.54 Å². The van der Waals surface area contributed by atoms with E-state index in [-0.39, 0.29) is 12.6 Å². The van der Waals surface area contributed by atoms with Crippen LogP contribution in [-0.2, 0) is 6.54 Å². The normalized spacial score (nSPS) is 13.4. The largest absolute Gasteiger partial charge is 0.394 e. The van der Waals surface area contributed by atoms with Gasteiger partial charge in [-0.15, -0.1) is 0 Å². The van der Waals surface area contributed by atoms with Crippen LogP contribution in [0.25, 0.3) is 0 Å². The van der Waals surface area contributed by atoms with Crippen LogP contribution in [0.2, 0.25) is 0 Å². The summed E-state index contributed by atoms with van der Waals surface area (Å²) in [5, 5.41) is 15.0. The molecule has 1 aromatic heterocycles. The molecule has 0 aliphatic heterocycles. The van der Waals surface area contributed by atoms with Crippen LogP contribution >= 0.6 is 0 Å². The van der Waals surface area contributed by atoms with Gasteiger partial charge in [0, 0.05) is 26.8 Å². The van der Waals surface area contributed by atoms with Crippen molar-refractivity contribution in [2.24, 2.45) is 0 Å². The van der Waals surface area contributed by atoms with Gasteiger partial charge in [-0.25, -0.2) is 9.78 Å². The molecule has 1 aromatic rings. The average Bonchev–Trinajstić information content (AvgIpc) is 2.45. The van der Waals surface area contributed by atoms with E-state index in [0.29, 0.717) is 6.54 Å². The number of rotatable bonds is 7. The summed E-state index contributed by atoms with van der Waals surface area (Å²) in [7, 11) is 3.84. The molecular weight excluding hydrogens is 268 g/mol. The number of aromatic nitrogens is 1. The first-order valence-electron chi connectivity index (χ1n) is 7.19. The number of amides is 2. The lowest BCUT2D eigenvalue weighted by Crippen LogP contribution is -2.52. The predicted octanol–water partition coefficient (Wildman–Crippen LogP) is 1.50. The fraction of sp³-hybridized carbons (Fsp3) is 0.600. The Bertz CT molecular complexity index is 465. The van der Waals surface area contributed by atoms with Crippen molar-refractivity contribution in [3.8, 4) is 0 Å². The van der Waals surface area contributed by atoms with Gasteiger partial charge in [0.1, 0.15) is 5.82 Å². The monoisotopic (exact) mass is 294 g/mol. The quantitative estimate of drug-likeness (QED) is 0.712. The highest BCUT2D eigenvalue weighted by Crippen LogP contribution is 2.11. The van der Waals surface area contributed by atoms with E-state index in [4.69, 9.17) is 0 Å². The molecule has 21 heavy (non-hydrogen) atoms. The number of urea groups is 1. The maximum absolute atomic E-state index is 11.9. The Kier molecular flexibility index (Phi) is 6.42. The molecule has 2 amide bonds. The first-order chi connectivity index (χ1) is 9.90. The Morgan fingerprint density at radius 2 is 2.19 bits per heavy atom. The lowest BCUT2D eigenvalue weighted by Gasteiger charge is -2.28. The molecular formula is C15H26N4O2. The van der Waals surface area contributed by atoms with Gasteiger partial charge in [-0.1, -0.05) is 13.3 Å². The van der Waals surface area contributed by atoms with E-state index in [1.807, 2.05) is 45.0 Å². The summed E-state index contributed by atoms with van der Waals surface area (Å²) in [5.41, 5.74) is 0.399. The van der Waals surface area contributed by atoms with Gasteiger partial charge in [0.25, 0.3) is 0 Å². The number of anilines is 1. The minimum Gasteiger partial charge on any atom is -0.394 e. The van der Waals surface area contributed by atoms with Gasteiger partial charge in [0.2, 0.25) is 0 Å². The number of hydrogen-bond acceptors (Lipinski definition) is 4. The summed E-state index contributed by atoms with van der Waals surface area (Å²) >= 11 is 0. The van der Waals surface area contributed by atoms with Crippen LogP contribution in [0, 0.1) is 0 Å². The molecule has 1 rings (SSSR count). The lowest BCUT2D eigenvalue weighted by molar-refractivity contribution is 0.163. The number of aliphatic hydroxyl groups excluding tert-OH is 1. The summed E-state index contributed by atoms with van der Waals surface area (Å²) < 4.78 is 0. The Hall–Kier alpha value is -1.82. The van der Waals surface area contributed by atoms with Crippen LogP contribution in [0.4, 0.5) is 10.6 Å². The van der Waals surface area contributed by atoms with Crippen molar-refractivity contribution in [3.63, 3.8) is 0 Å². The number of carbonyl (C=O) groups is 1. The molecule has 118 valence electrons. The summed E-state index contributed by atoms with van der Waals surface area (Å²) in [4.78, 5) is 18.1. The third kappa shape index (κ3) is 5.59. The van der Waals surface area contributed by atoms with Gasteiger partial charge in [-0.05, 0) is 31.0 Å². The van der Waals surface area contributed by atoms with Crippen molar-refractivity contribution in [2.75, 3.05) is 25.6 Å². The number of aliphatic hydroxyl groups is 1. The number of pyridine rings is 1. The van der Waals surface area contributed by atoms with Crippen LogP contribution in [0.3, 0.4) is 0 Å². The molecule has 1 unspecified atom stereocenters. The Morgan fingerprint density at radius 1 is 1.48 bits per heavy atom. The zero-order valence-electron chi connectivity index (χ0n) is 13.3. The molecule has 1 heterocycles. The molecule has 0 aliphatic rings. The molecule has 0 saturated carbocycles. The molecule has 1 atom stereocenters. The highest BCUT2D eigenvalue weighted by Gasteiger charge is 2.24. The zero-order chi connectivity index (χ0) is 15.9. The number of carbonyl (C=O) groups excluding carboxylic acids is 1. The van der Waals surface area contributed by atoms with Crippen LogP contribution in [0.5, 0.6) is 0 Å². The Morgan fingerprint density at radius 3 is 2.76 bits per heavy atom. The van der Waals surface area contributed by atoms with Gasteiger partial charge in [-0.2, -0.15) is 0 Å². The highest BCUT2D eigenvalue weighted by atomic mass is 16.3. The third-order valence-corrected chi connectivity index (χ3v) is 3.29. The van der Waals surface area contributed by atoms with E-state index in [9.17, 15) is 9.90 Å². The van der Waals surface area contributed by atoms with Crippen molar-refractivity contribution in [1.29, 1.82) is 0 Å². The van der Waals surface area contributed by atoms with E-state index in [1.54, 1.807) is 6.20 Å². The molecule has 0 fully saturated rings. The van der Waals surface area contributed by atoms with Crippen molar-refractivity contribution in [2.45, 2.75) is 38.8 Å². The van der Waals surface area contributed by atoms with E-state index in [1.165, 1.54) is 0 Å². The molecule has 3 N–H and O–H groups in total. The summed E-state index contributed by atoms with van der Waals surface area (Å²) in [5.74, 6) is 0.848. The smallest absolute Gasteiger partial charge is 0.315 e. The third-order valence-electron chi connectivity index (χ3n) is 3.29. The molecule has 0 bridgehead atoms. The second kappa shape index (κ2) is 7.83. The Balaban J connectivity index is 2.55. The first-order valence-corrected chi connectivity index (χ1v) is 7.19. The maximum Gasteiger partial charge on any atom is 0.315 e. The summed E-state index contributed by atoms with van der Waals surface area (Å²) in [6.45, 7) is 4.21. The fourth-order valence-electron chi connectivity index (χ4n) is 2.05. The van der Waals surface area contributed by atoms with Crippen molar-refractivity contribution in [1.82, 2.24) is 15.6 Å². The maximum atomic E-state index is 11.9. The second-order valence-electron chi connectivity index (χ2n) is 5.69. The van der Waals surface area contributed by atoms with Gasteiger partial charge < -0.3 is 20.6 Å². The van der Waals surface area contributed by atoms with Crippen LogP contribution in [-0.4, -0.2) is 42.4 Å². The van der Waals surface area contributed by atoms with Crippen LogP contribution < -0.4 is 15.5 Å². The fourth-order valence-corrected chi connectivity index (χ4v) is 2.05. The minimum atomic E-state index is -0.578. The van der Waals surface area contributed by atoms with Crippen molar-refractivity contribution < 1.29 is 9.90 Å². The summed E-state index contributed by atoms with van der Waals surface area (Å²) in [6, 6.07) is 3.52. The number of hydrogen-bond donors (Lipinski definition) is 3. The van der Waals surface area contributed by atoms with Crippen LogP contribution in [0.1, 0.15) is 32.3 Å². The predicted molar refractivity (Wildman–Crippen MR) is 84.3 cm³/mol. The topological polar surface area (TPSA) is 77.5 Å². The number of nitrogens with one attached hydrogen (secondary N) is 2. The highest BCUT2D eigenvalue weighted by molar-refractivity contribution is 5.74. The van der Waals surface area contributed by atoms with E-state index in [2.05, 4.69) is 15.6 Å². The molecule has 0 spiro atoms. The van der Waals surface area contributed by atoms with Crippen LogP contribution in [0.15, 0.2) is 18.3 Å². The van der Waals surface area contributed by atoms with Gasteiger partial charge in [0.05, 0.1) is 12.1 Å². The first kappa shape index (κ1) is 17.2.